The van der Waals surface area contributed by atoms with Crippen LogP contribution in [0.2, 0.25) is 0 Å². The van der Waals surface area contributed by atoms with Crippen LogP contribution in [0.25, 0.3) is 0 Å². The van der Waals surface area contributed by atoms with Crippen LogP contribution >= 0.6 is 0 Å². The maximum Gasteiger partial charge on any atom is 0.149 e. The average molecular weight is 134 g/mol. The SMILES string of the molecule is COC(O[SiH3])C(C)C. The second kappa shape index (κ2) is 4.06. The lowest BCUT2D eigenvalue weighted by atomic mass is 10.2. The topological polar surface area (TPSA) is 18.5 Å². The summed E-state index contributed by atoms with van der Waals surface area (Å²) in [5.41, 5.74) is 0. The molecule has 0 aromatic rings. The Kier molecular flexibility index (Phi) is 4.13. The van der Waals surface area contributed by atoms with Gasteiger partial charge in [0.25, 0.3) is 0 Å². The van der Waals surface area contributed by atoms with Gasteiger partial charge in [0, 0.05) is 13.0 Å². The summed E-state index contributed by atoms with van der Waals surface area (Å²) in [6.45, 7) is 4.15. The standard InChI is InChI=1S/C5H14O2Si/c1-4(2)5(6-3)7-8/h4-5H,1-3,8H3. The Morgan fingerprint density at radius 3 is 1.88 bits per heavy atom. The molecule has 0 fully saturated rings. The molecule has 0 amide bonds. The Labute approximate surface area is 53.7 Å². The van der Waals surface area contributed by atoms with Gasteiger partial charge in [-0.05, 0) is 0 Å². The Morgan fingerprint density at radius 2 is 1.88 bits per heavy atom. The molecule has 0 N–H and O–H groups in total. The zero-order valence-electron chi connectivity index (χ0n) is 5.97. The average Bonchev–Trinajstić information content (AvgIpc) is 1.69. The van der Waals surface area contributed by atoms with Gasteiger partial charge in [-0.3, -0.25) is 0 Å². The molecule has 0 spiro atoms. The largest absolute Gasteiger partial charge is 0.404 e. The van der Waals surface area contributed by atoms with E-state index in [9.17, 15) is 0 Å². The van der Waals surface area contributed by atoms with Crippen molar-refractivity contribution in [3.05, 3.63) is 0 Å². The van der Waals surface area contributed by atoms with Crippen molar-refractivity contribution < 1.29 is 9.16 Å². The first-order valence-corrected chi connectivity index (χ1v) is 3.59. The lowest BCUT2D eigenvalue weighted by molar-refractivity contribution is -0.0796. The van der Waals surface area contributed by atoms with Crippen LogP contribution in [0.1, 0.15) is 13.8 Å². The van der Waals surface area contributed by atoms with Gasteiger partial charge in [0.1, 0.15) is 16.8 Å². The Morgan fingerprint density at radius 1 is 1.38 bits per heavy atom. The third kappa shape index (κ3) is 2.45. The molecule has 8 heavy (non-hydrogen) atoms. The Hall–Kier alpha value is 0.137. The van der Waals surface area contributed by atoms with Gasteiger partial charge >= 0.3 is 0 Å². The van der Waals surface area contributed by atoms with Crippen LogP contribution in [0.4, 0.5) is 0 Å². The Bertz CT molecular complexity index is 52.4. The van der Waals surface area contributed by atoms with Crippen LogP contribution in [0.5, 0.6) is 0 Å². The van der Waals surface area contributed by atoms with Gasteiger partial charge in [-0.15, -0.1) is 0 Å². The van der Waals surface area contributed by atoms with Crippen LogP contribution in [-0.2, 0) is 9.16 Å². The van der Waals surface area contributed by atoms with E-state index in [-0.39, 0.29) is 6.29 Å². The second-order valence-electron chi connectivity index (χ2n) is 2.08. The van der Waals surface area contributed by atoms with Crippen molar-refractivity contribution in [3.8, 4) is 0 Å². The number of hydrogen-bond donors (Lipinski definition) is 0. The quantitative estimate of drug-likeness (QED) is 0.397. The fraction of sp³-hybridized carbons (Fsp3) is 1.00. The van der Waals surface area contributed by atoms with Crippen LogP contribution in [0.15, 0.2) is 0 Å². The third-order valence-corrected chi connectivity index (χ3v) is 1.47. The van der Waals surface area contributed by atoms with Crippen LogP contribution in [0.3, 0.4) is 0 Å². The molecule has 0 aliphatic rings. The highest BCUT2D eigenvalue weighted by atomic mass is 28.2. The fourth-order valence-electron chi connectivity index (χ4n) is 0.641. The van der Waals surface area contributed by atoms with Crippen molar-refractivity contribution in [1.29, 1.82) is 0 Å². The lowest BCUT2D eigenvalue weighted by Gasteiger charge is -2.16. The van der Waals surface area contributed by atoms with E-state index in [1.54, 1.807) is 7.11 Å². The predicted octanol–water partition coefficient (Wildman–Crippen LogP) is -0.0881. The van der Waals surface area contributed by atoms with Crippen LogP contribution < -0.4 is 0 Å². The summed E-state index contributed by atoms with van der Waals surface area (Å²) < 4.78 is 10.1. The van der Waals surface area contributed by atoms with Gasteiger partial charge in [0.15, 0.2) is 0 Å². The molecular weight excluding hydrogens is 120 g/mol. The summed E-state index contributed by atoms with van der Waals surface area (Å²) in [6, 6.07) is 0. The zero-order valence-corrected chi connectivity index (χ0v) is 7.97. The second-order valence-corrected chi connectivity index (χ2v) is 2.56. The molecule has 0 aliphatic heterocycles. The molecule has 2 nitrogen and oxygen atoms in total. The lowest BCUT2D eigenvalue weighted by Crippen LogP contribution is -2.20. The molecule has 0 rings (SSSR count). The van der Waals surface area contributed by atoms with Gasteiger partial charge in [-0.2, -0.15) is 0 Å². The Balaban J connectivity index is 3.35. The van der Waals surface area contributed by atoms with E-state index < -0.39 is 0 Å². The van der Waals surface area contributed by atoms with Crippen LogP contribution in [0, 0.1) is 5.92 Å². The van der Waals surface area contributed by atoms with Gasteiger partial charge in [0.2, 0.25) is 0 Å². The minimum Gasteiger partial charge on any atom is -0.404 e. The molecule has 3 heteroatoms. The number of ether oxygens (including phenoxy) is 1. The molecule has 0 aromatic heterocycles. The maximum atomic E-state index is 5.08. The van der Waals surface area contributed by atoms with Crippen molar-refractivity contribution in [1.82, 2.24) is 0 Å². The zero-order chi connectivity index (χ0) is 6.57. The predicted molar refractivity (Wildman–Crippen MR) is 36.7 cm³/mol. The smallest absolute Gasteiger partial charge is 0.149 e. The molecule has 0 aromatic carbocycles. The normalized spacial score (nSPS) is 15.0. The van der Waals surface area contributed by atoms with Gasteiger partial charge in [0.05, 0.1) is 0 Å². The highest BCUT2D eigenvalue weighted by Gasteiger charge is 2.07. The molecule has 0 heterocycles. The van der Waals surface area contributed by atoms with Gasteiger partial charge < -0.3 is 9.16 Å². The van der Waals surface area contributed by atoms with Crippen molar-refractivity contribution in [2.24, 2.45) is 5.92 Å². The summed E-state index contributed by atoms with van der Waals surface area (Å²) in [4.78, 5) is 0. The minimum absolute atomic E-state index is 0.0154. The first kappa shape index (κ1) is 8.14. The van der Waals surface area contributed by atoms with Gasteiger partial charge in [-0.1, -0.05) is 13.8 Å². The summed E-state index contributed by atoms with van der Waals surface area (Å²) in [6.07, 6.45) is 0.0154. The number of hydrogen-bond acceptors (Lipinski definition) is 2. The van der Waals surface area contributed by atoms with Crippen molar-refractivity contribution in [2.75, 3.05) is 7.11 Å². The highest BCUT2D eigenvalue weighted by molar-refractivity contribution is 5.98. The molecule has 0 aliphatic carbocycles. The van der Waals surface area contributed by atoms with E-state index in [4.69, 9.17) is 9.16 Å². The van der Waals surface area contributed by atoms with E-state index in [0.29, 0.717) is 5.92 Å². The van der Waals surface area contributed by atoms with Crippen molar-refractivity contribution in [3.63, 3.8) is 0 Å². The molecule has 0 radical (unpaired) electrons. The summed E-state index contributed by atoms with van der Waals surface area (Å²) >= 11 is 0. The fourth-order valence-corrected chi connectivity index (χ4v) is 1.38. The molecule has 1 atom stereocenters. The molecule has 1 unspecified atom stereocenters. The highest BCUT2D eigenvalue weighted by Crippen LogP contribution is 2.03. The minimum atomic E-state index is 0.0154. The number of methoxy groups -OCH3 is 1. The molecule has 50 valence electrons. The summed E-state index contributed by atoms with van der Waals surface area (Å²) in [5, 5.41) is 0. The van der Waals surface area contributed by atoms with E-state index in [2.05, 4.69) is 13.8 Å². The van der Waals surface area contributed by atoms with E-state index in [1.165, 1.54) is 0 Å². The van der Waals surface area contributed by atoms with Crippen molar-refractivity contribution >= 4 is 10.5 Å². The first-order chi connectivity index (χ1) is 3.72. The van der Waals surface area contributed by atoms with Gasteiger partial charge in [-0.25, -0.2) is 0 Å². The summed E-state index contributed by atoms with van der Waals surface area (Å²) in [5.74, 6) is 0.470. The monoisotopic (exact) mass is 134 g/mol. The van der Waals surface area contributed by atoms with E-state index in [0.717, 1.165) is 10.5 Å². The maximum absolute atomic E-state index is 5.08. The molecule has 0 bridgehead atoms. The molecule has 0 saturated carbocycles. The summed E-state index contributed by atoms with van der Waals surface area (Å²) in [7, 11) is 2.42. The van der Waals surface area contributed by atoms with E-state index >= 15 is 0 Å². The third-order valence-electron chi connectivity index (χ3n) is 1.01. The van der Waals surface area contributed by atoms with E-state index in [1.807, 2.05) is 0 Å². The number of rotatable bonds is 3. The molecule has 0 saturated heterocycles. The van der Waals surface area contributed by atoms with Crippen molar-refractivity contribution in [2.45, 2.75) is 20.1 Å². The van der Waals surface area contributed by atoms with Crippen LogP contribution in [-0.4, -0.2) is 23.9 Å². The molecular formula is C5H14O2Si. The first-order valence-electron chi connectivity index (χ1n) is 2.78.